The number of anilines is 1. The molecule has 0 amide bonds. The molecule has 0 bridgehead atoms. The summed E-state index contributed by atoms with van der Waals surface area (Å²) in [6.45, 7) is 3.81. The highest BCUT2D eigenvalue weighted by atomic mass is 19.4. The number of hydrogen-bond acceptors (Lipinski definition) is 6. The van der Waals surface area contributed by atoms with Crippen LogP contribution in [0.1, 0.15) is 16.1 Å². The van der Waals surface area contributed by atoms with E-state index in [1.54, 1.807) is 6.07 Å². The molecule has 0 aliphatic carbocycles. The van der Waals surface area contributed by atoms with E-state index in [1.165, 1.54) is 30.1 Å². The number of rotatable bonds is 5. The quantitative estimate of drug-likeness (QED) is 0.735. The van der Waals surface area contributed by atoms with E-state index in [-0.39, 0.29) is 0 Å². The lowest BCUT2D eigenvalue weighted by molar-refractivity contribution is -0.137. The van der Waals surface area contributed by atoms with Gasteiger partial charge in [-0.15, -0.1) is 5.10 Å². The van der Waals surface area contributed by atoms with Crippen molar-refractivity contribution in [2.45, 2.75) is 12.7 Å². The first-order valence-electron chi connectivity index (χ1n) is 8.50. The zero-order valence-electron chi connectivity index (χ0n) is 14.8. The number of ether oxygens (including phenoxy) is 1. The van der Waals surface area contributed by atoms with Gasteiger partial charge in [0.25, 0.3) is 0 Å². The van der Waals surface area contributed by atoms with Gasteiger partial charge in [0.1, 0.15) is 0 Å². The lowest BCUT2D eigenvalue weighted by atomic mass is 10.1. The molecule has 2 aromatic rings. The number of carbonyl (C=O) groups excluding carboxylic acids is 1. The lowest BCUT2D eigenvalue weighted by Crippen LogP contribution is -2.47. The fourth-order valence-electron chi connectivity index (χ4n) is 3.03. The van der Waals surface area contributed by atoms with Gasteiger partial charge in [0.15, 0.2) is 5.69 Å². The van der Waals surface area contributed by atoms with Crippen LogP contribution < -0.4 is 4.90 Å². The van der Waals surface area contributed by atoms with E-state index in [0.29, 0.717) is 50.6 Å². The van der Waals surface area contributed by atoms with E-state index in [1.807, 2.05) is 4.90 Å². The van der Waals surface area contributed by atoms with Crippen molar-refractivity contribution >= 4 is 11.7 Å². The van der Waals surface area contributed by atoms with Crippen LogP contribution in [0.15, 0.2) is 30.5 Å². The van der Waals surface area contributed by atoms with Gasteiger partial charge in [-0.25, -0.2) is 9.48 Å². The van der Waals surface area contributed by atoms with Crippen molar-refractivity contribution in [3.8, 4) is 0 Å². The molecule has 0 unspecified atom stereocenters. The fourth-order valence-corrected chi connectivity index (χ4v) is 3.03. The van der Waals surface area contributed by atoms with Crippen molar-refractivity contribution in [2.75, 3.05) is 44.7 Å². The Morgan fingerprint density at radius 1 is 1.19 bits per heavy atom. The number of halogens is 3. The second-order valence-corrected chi connectivity index (χ2v) is 6.21. The van der Waals surface area contributed by atoms with Crippen LogP contribution in [0.25, 0.3) is 0 Å². The van der Waals surface area contributed by atoms with Gasteiger partial charge in [-0.1, -0.05) is 11.3 Å². The third-order valence-electron chi connectivity index (χ3n) is 4.55. The fraction of sp³-hybridized carbons (Fsp3) is 0.471. The third kappa shape index (κ3) is 4.57. The molecule has 1 saturated heterocycles. The molecular formula is C17H20F3N5O2. The maximum absolute atomic E-state index is 12.9. The topological polar surface area (TPSA) is 63.5 Å². The largest absolute Gasteiger partial charge is 0.464 e. The highest BCUT2D eigenvalue weighted by Crippen LogP contribution is 2.31. The smallest absolute Gasteiger partial charge is 0.416 e. The summed E-state index contributed by atoms with van der Waals surface area (Å²) < 4.78 is 44.8. The average Bonchev–Trinajstić information content (AvgIpc) is 3.14. The van der Waals surface area contributed by atoms with Crippen molar-refractivity contribution in [3.05, 3.63) is 41.7 Å². The maximum atomic E-state index is 12.9. The zero-order chi connectivity index (χ0) is 19.4. The number of piperazine rings is 1. The lowest BCUT2D eigenvalue weighted by Gasteiger charge is -2.36. The molecular weight excluding hydrogens is 363 g/mol. The summed E-state index contributed by atoms with van der Waals surface area (Å²) in [5, 5.41) is 7.62. The predicted molar refractivity (Wildman–Crippen MR) is 91.5 cm³/mol. The van der Waals surface area contributed by atoms with Gasteiger partial charge >= 0.3 is 12.1 Å². The van der Waals surface area contributed by atoms with Gasteiger partial charge in [-0.05, 0) is 18.2 Å². The molecule has 0 spiro atoms. The van der Waals surface area contributed by atoms with E-state index < -0.39 is 17.7 Å². The Bertz CT molecular complexity index is 785. The normalized spacial score (nSPS) is 15.8. The molecule has 0 atom stereocenters. The second kappa shape index (κ2) is 7.95. The highest BCUT2D eigenvalue weighted by Gasteiger charge is 2.31. The van der Waals surface area contributed by atoms with Crippen LogP contribution in [0.5, 0.6) is 0 Å². The molecule has 7 nitrogen and oxygen atoms in total. The summed E-state index contributed by atoms with van der Waals surface area (Å²) >= 11 is 0. The molecule has 1 aromatic carbocycles. The Labute approximate surface area is 154 Å². The van der Waals surface area contributed by atoms with E-state index in [0.717, 1.165) is 6.07 Å². The summed E-state index contributed by atoms with van der Waals surface area (Å²) in [7, 11) is 1.30. The van der Waals surface area contributed by atoms with Crippen LogP contribution >= 0.6 is 0 Å². The van der Waals surface area contributed by atoms with E-state index in [2.05, 4.69) is 19.9 Å². The Morgan fingerprint density at radius 3 is 2.59 bits per heavy atom. The number of benzene rings is 1. The highest BCUT2D eigenvalue weighted by molar-refractivity contribution is 5.86. The Kier molecular flexibility index (Phi) is 5.64. The van der Waals surface area contributed by atoms with Crippen LogP contribution in [0.2, 0.25) is 0 Å². The van der Waals surface area contributed by atoms with Crippen molar-refractivity contribution in [3.63, 3.8) is 0 Å². The minimum atomic E-state index is -4.34. The number of esters is 1. The minimum Gasteiger partial charge on any atom is -0.464 e. The Morgan fingerprint density at radius 2 is 1.93 bits per heavy atom. The first-order valence-corrected chi connectivity index (χ1v) is 8.50. The molecule has 146 valence electrons. The zero-order valence-corrected chi connectivity index (χ0v) is 14.8. The number of hydrogen-bond donors (Lipinski definition) is 0. The molecule has 0 saturated carbocycles. The predicted octanol–water partition coefficient (Wildman–Crippen LogP) is 1.91. The van der Waals surface area contributed by atoms with Crippen molar-refractivity contribution in [1.82, 2.24) is 19.9 Å². The van der Waals surface area contributed by atoms with Crippen molar-refractivity contribution < 1.29 is 22.7 Å². The molecule has 1 aliphatic rings. The number of carbonyl (C=O) groups is 1. The van der Waals surface area contributed by atoms with E-state index in [4.69, 9.17) is 0 Å². The van der Waals surface area contributed by atoms with Gasteiger partial charge in [-0.3, -0.25) is 4.90 Å². The summed E-state index contributed by atoms with van der Waals surface area (Å²) in [6.07, 6.45) is -2.98. The number of aromatic nitrogens is 3. The average molecular weight is 383 g/mol. The third-order valence-corrected chi connectivity index (χ3v) is 4.55. The summed E-state index contributed by atoms with van der Waals surface area (Å²) in [5.74, 6) is -0.491. The second-order valence-electron chi connectivity index (χ2n) is 6.21. The molecule has 0 N–H and O–H groups in total. The first-order chi connectivity index (χ1) is 12.9. The number of nitrogens with zero attached hydrogens (tertiary/aromatic N) is 5. The SMILES string of the molecule is COC(=O)c1cnnn1CCN1CCN(c2cccc(C(F)(F)F)c2)CC1. The van der Waals surface area contributed by atoms with Crippen molar-refractivity contribution in [1.29, 1.82) is 0 Å². The molecule has 3 rings (SSSR count). The van der Waals surface area contributed by atoms with Crippen LogP contribution in [0.3, 0.4) is 0 Å². The van der Waals surface area contributed by atoms with Gasteiger partial charge in [-0.2, -0.15) is 13.2 Å². The monoisotopic (exact) mass is 383 g/mol. The Balaban J connectivity index is 1.54. The van der Waals surface area contributed by atoms with Gasteiger partial charge in [0.05, 0.1) is 25.4 Å². The maximum Gasteiger partial charge on any atom is 0.416 e. The molecule has 27 heavy (non-hydrogen) atoms. The van der Waals surface area contributed by atoms with Crippen LogP contribution in [0, 0.1) is 0 Å². The molecule has 0 radical (unpaired) electrons. The standard InChI is InChI=1S/C17H20F3N5O2/c1-27-16(26)15-12-21-22-25(15)10-7-23-5-8-24(9-6-23)14-4-2-3-13(11-14)17(18,19)20/h2-4,11-12H,5-10H2,1H3. The summed E-state index contributed by atoms with van der Waals surface area (Å²) in [6, 6.07) is 5.40. The summed E-state index contributed by atoms with van der Waals surface area (Å²) in [4.78, 5) is 15.7. The van der Waals surface area contributed by atoms with Crippen LogP contribution in [-0.4, -0.2) is 65.7 Å². The molecule has 2 heterocycles. The van der Waals surface area contributed by atoms with Gasteiger partial charge in [0, 0.05) is 38.4 Å². The Hall–Kier alpha value is -2.62. The van der Waals surface area contributed by atoms with E-state index in [9.17, 15) is 18.0 Å². The van der Waals surface area contributed by atoms with Gasteiger partial charge in [0.2, 0.25) is 0 Å². The number of methoxy groups -OCH3 is 1. The first kappa shape index (κ1) is 19.2. The number of alkyl halides is 3. The van der Waals surface area contributed by atoms with Crippen molar-refractivity contribution in [2.24, 2.45) is 0 Å². The minimum absolute atomic E-state index is 0.292. The van der Waals surface area contributed by atoms with Crippen LogP contribution in [0.4, 0.5) is 18.9 Å². The van der Waals surface area contributed by atoms with Gasteiger partial charge < -0.3 is 9.64 Å². The summed E-state index contributed by atoms with van der Waals surface area (Å²) in [5.41, 5.74) is 0.234. The van der Waals surface area contributed by atoms with Crippen LogP contribution in [-0.2, 0) is 17.5 Å². The molecule has 10 heteroatoms. The molecule has 1 fully saturated rings. The molecule has 1 aliphatic heterocycles. The van der Waals surface area contributed by atoms with E-state index >= 15 is 0 Å². The molecule has 1 aromatic heterocycles.